The first-order chi connectivity index (χ1) is 16.9. The highest BCUT2D eigenvalue weighted by Gasteiger charge is 2.11. The summed E-state index contributed by atoms with van der Waals surface area (Å²) >= 11 is 0. The maximum absolute atomic E-state index is 13.1. The molecular formula is C26H21N3O6. The summed E-state index contributed by atoms with van der Waals surface area (Å²) in [7, 11) is 1.43. The molecule has 9 heteroatoms. The first-order valence-corrected chi connectivity index (χ1v) is 10.6. The van der Waals surface area contributed by atoms with Crippen molar-refractivity contribution in [2.24, 2.45) is 5.18 Å². The molecule has 0 aliphatic carbocycles. The first kappa shape index (κ1) is 23.4. The third-order valence-corrected chi connectivity index (χ3v) is 5.59. The minimum absolute atomic E-state index is 0.171. The van der Waals surface area contributed by atoms with Gasteiger partial charge >= 0.3 is 5.97 Å². The monoisotopic (exact) mass is 471 g/mol. The maximum Gasteiger partial charge on any atom is 0.335 e. The van der Waals surface area contributed by atoms with Gasteiger partial charge in [0, 0.05) is 23.7 Å². The molecule has 0 saturated heterocycles. The van der Waals surface area contributed by atoms with E-state index in [4.69, 9.17) is 9.84 Å². The fourth-order valence-electron chi connectivity index (χ4n) is 3.69. The van der Waals surface area contributed by atoms with Gasteiger partial charge in [0.2, 0.25) is 0 Å². The molecule has 1 heterocycles. The van der Waals surface area contributed by atoms with Gasteiger partial charge in [0.25, 0.3) is 11.5 Å². The molecule has 0 unspecified atom stereocenters. The van der Waals surface area contributed by atoms with Crippen molar-refractivity contribution in [2.45, 2.75) is 13.1 Å². The lowest BCUT2D eigenvalue weighted by molar-refractivity contribution is 0.0696. The number of aromatic carboxylic acids is 1. The molecule has 0 radical (unpaired) electrons. The molecule has 3 aromatic carbocycles. The second kappa shape index (κ2) is 10.0. The van der Waals surface area contributed by atoms with Gasteiger partial charge in [-0.2, -0.15) is 0 Å². The average molecular weight is 471 g/mol. The number of carboxylic acids is 1. The number of benzene rings is 3. The number of nitroso groups, excluding NO2 is 1. The van der Waals surface area contributed by atoms with Gasteiger partial charge in [0.15, 0.2) is 0 Å². The second-order valence-corrected chi connectivity index (χ2v) is 7.83. The van der Waals surface area contributed by atoms with E-state index in [2.05, 4.69) is 10.5 Å². The van der Waals surface area contributed by atoms with E-state index in [1.54, 1.807) is 54.7 Å². The highest BCUT2D eigenvalue weighted by Crippen LogP contribution is 2.28. The number of methoxy groups -OCH3 is 1. The molecule has 0 atom stereocenters. The maximum atomic E-state index is 13.1. The van der Waals surface area contributed by atoms with Crippen LogP contribution in [0.15, 0.2) is 82.9 Å². The highest BCUT2D eigenvalue weighted by molar-refractivity contribution is 5.98. The van der Waals surface area contributed by atoms with E-state index in [9.17, 15) is 19.3 Å². The van der Waals surface area contributed by atoms with Crippen LogP contribution >= 0.6 is 0 Å². The number of nitrogens with zero attached hydrogens (tertiary/aromatic N) is 2. The summed E-state index contributed by atoms with van der Waals surface area (Å²) in [5.41, 5.74) is 1.91. The van der Waals surface area contributed by atoms with Gasteiger partial charge < -0.3 is 19.7 Å². The van der Waals surface area contributed by atoms with Crippen LogP contribution in [0.1, 0.15) is 31.8 Å². The Hall–Kier alpha value is -4.79. The van der Waals surface area contributed by atoms with Crippen LogP contribution in [0.3, 0.4) is 0 Å². The van der Waals surface area contributed by atoms with Gasteiger partial charge in [-0.1, -0.05) is 24.3 Å². The molecule has 0 spiro atoms. The van der Waals surface area contributed by atoms with E-state index in [1.165, 1.54) is 29.9 Å². The zero-order chi connectivity index (χ0) is 24.9. The molecule has 0 aliphatic heterocycles. The van der Waals surface area contributed by atoms with E-state index in [0.29, 0.717) is 22.1 Å². The number of carbonyl (C=O) groups is 2. The van der Waals surface area contributed by atoms with Crippen LogP contribution in [0, 0.1) is 4.91 Å². The zero-order valence-corrected chi connectivity index (χ0v) is 18.7. The number of hydrogen-bond acceptors (Lipinski definition) is 6. The first-order valence-electron chi connectivity index (χ1n) is 10.6. The molecule has 0 saturated carbocycles. The van der Waals surface area contributed by atoms with Gasteiger partial charge in [0.1, 0.15) is 11.4 Å². The third-order valence-electron chi connectivity index (χ3n) is 5.59. The standard InChI is InChI=1S/C26H21N3O6/c1-35-23-12-17(4-9-22(23)28-34)14-27-24(30)20-8-7-18-10-11-29(25(31)21(18)13-20)15-16-2-5-19(6-3-16)26(32)33/h2-13H,14-15H2,1H3,(H,27,30)(H,32,33). The minimum atomic E-state index is -1.01. The number of pyridine rings is 1. The zero-order valence-electron chi connectivity index (χ0n) is 18.7. The van der Waals surface area contributed by atoms with E-state index in [0.717, 1.165) is 11.1 Å². The predicted molar refractivity (Wildman–Crippen MR) is 130 cm³/mol. The Bertz CT molecular complexity index is 1490. The van der Waals surface area contributed by atoms with Gasteiger partial charge in [0.05, 0.1) is 19.2 Å². The van der Waals surface area contributed by atoms with Crippen molar-refractivity contribution in [2.75, 3.05) is 7.11 Å². The van der Waals surface area contributed by atoms with E-state index < -0.39 is 5.97 Å². The summed E-state index contributed by atoms with van der Waals surface area (Å²) in [5.74, 6) is -1.06. The molecule has 4 aromatic rings. The molecule has 1 aromatic heterocycles. The smallest absolute Gasteiger partial charge is 0.335 e. The van der Waals surface area contributed by atoms with Crippen molar-refractivity contribution in [1.29, 1.82) is 0 Å². The van der Waals surface area contributed by atoms with Crippen molar-refractivity contribution in [3.63, 3.8) is 0 Å². The summed E-state index contributed by atoms with van der Waals surface area (Å²) < 4.78 is 6.64. The molecule has 4 rings (SSSR count). The fraction of sp³-hybridized carbons (Fsp3) is 0.115. The minimum Gasteiger partial charge on any atom is -0.494 e. The fourth-order valence-corrected chi connectivity index (χ4v) is 3.69. The topological polar surface area (TPSA) is 127 Å². The van der Waals surface area contributed by atoms with Crippen molar-refractivity contribution < 1.29 is 19.4 Å². The molecule has 0 fully saturated rings. The largest absolute Gasteiger partial charge is 0.494 e. The van der Waals surface area contributed by atoms with Gasteiger partial charge in [-0.05, 0) is 64.2 Å². The van der Waals surface area contributed by atoms with E-state index >= 15 is 0 Å². The quantitative estimate of drug-likeness (QED) is 0.373. The summed E-state index contributed by atoms with van der Waals surface area (Å²) in [6, 6.07) is 17.8. The SMILES string of the molecule is COc1cc(CNC(=O)c2ccc3ccn(Cc4ccc(C(=O)O)cc4)c(=O)c3c2)ccc1N=O. The summed E-state index contributed by atoms with van der Waals surface area (Å²) in [6.45, 7) is 0.455. The Morgan fingerprint density at radius 1 is 0.971 bits per heavy atom. The predicted octanol–water partition coefficient (Wildman–Crippen LogP) is 4.08. The van der Waals surface area contributed by atoms with E-state index in [1.807, 2.05) is 0 Å². The number of fused-ring (bicyclic) bond motifs is 1. The molecular weight excluding hydrogens is 450 g/mol. The Kier molecular flexibility index (Phi) is 6.68. The molecule has 0 aliphatic rings. The lowest BCUT2D eigenvalue weighted by atomic mass is 10.1. The number of amides is 1. The molecule has 35 heavy (non-hydrogen) atoms. The van der Waals surface area contributed by atoms with Crippen LogP contribution < -0.4 is 15.6 Å². The third kappa shape index (κ3) is 5.09. The van der Waals surface area contributed by atoms with Crippen LogP contribution in [0.4, 0.5) is 5.69 Å². The normalized spacial score (nSPS) is 10.7. The van der Waals surface area contributed by atoms with Crippen molar-refractivity contribution in [1.82, 2.24) is 9.88 Å². The average Bonchev–Trinajstić information content (AvgIpc) is 2.88. The highest BCUT2D eigenvalue weighted by atomic mass is 16.5. The second-order valence-electron chi connectivity index (χ2n) is 7.83. The van der Waals surface area contributed by atoms with Gasteiger partial charge in [-0.25, -0.2) is 4.79 Å². The van der Waals surface area contributed by atoms with Crippen LogP contribution in [0.5, 0.6) is 5.75 Å². The summed E-state index contributed by atoms with van der Waals surface area (Å²) in [6.07, 6.45) is 1.67. The number of nitrogens with one attached hydrogen (secondary N) is 1. The molecule has 2 N–H and O–H groups in total. The number of rotatable bonds is 8. The van der Waals surface area contributed by atoms with Crippen LogP contribution in [0.2, 0.25) is 0 Å². The molecule has 176 valence electrons. The summed E-state index contributed by atoms with van der Waals surface area (Å²) in [4.78, 5) is 47.7. The number of ether oxygens (including phenoxy) is 1. The molecule has 9 nitrogen and oxygen atoms in total. The Balaban J connectivity index is 1.53. The summed E-state index contributed by atoms with van der Waals surface area (Å²) in [5, 5.41) is 15.8. The number of hydrogen-bond donors (Lipinski definition) is 2. The molecule has 0 bridgehead atoms. The van der Waals surface area contributed by atoms with Gasteiger partial charge in [-0.3, -0.25) is 9.59 Å². The van der Waals surface area contributed by atoms with Crippen molar-refractivity contribution >= 4 is 28.3 Å². The Labute approximate surface area is 199 Å². The van der Waals surface area contributed by atoms with Crippen LogP contribution in [0.25, 0.3) is 10.8 Å². The van der Waals surface area contributed by atoms with Crippen molar-refractivity contribution in [3.8, 4) is 5.75 Å². The van der Waals surface area contributed by atoms with E-state index in [-0.39, 0.29) is 35.8 Å². The Morgan fingerprint density at radius 3 is 2.37 bits per heavy atom. The van der Waals surface area contributed by atoms with Gasteiger partial charge in [-0.15, -0.1) is 4.91 Å². The number of carboxylic acid groups (broad SMARTS) is 1. The number of carbonyl (C=O) groups excluding carboxylic acids is 1. The number of aromatic nitrogens is 1. The van der Waals surface area contributed by atoms with Crippen LogP contribution in [-0.4, -0.2) is 28.7 Å². The molecule has 1 amide bonds. The van der Waals surface area contributed by atoms with Crippen LogP contribution in [-0.2, 0) is 13.1 Å². The lowest BCUT2D eigenvalue weighted by Crippen LogP contribution is -2.24. The lowest BCUT2D eigenvalue weighted by Gasteiger charge is -2.10. The van der Waals surface area contributed by atoms with Crippen molar-refractivity contribution in [3.05, 3.63) is 110 Å². The Morgan fingerprint density at radius 2 is 1.69 bits per heavy atom.